The Hall–Kier alpha value is -0.380. The maximum Gasteiger partial charge on any atom is 0.0576 e. The van der Waals surface area contributed by atoms with Gasteiger partial charge in [0.1, 0.15) is 0 Å². The van der Waals surface area contributed by atoms with Gasteiger partial charge in [0.25, 0.3) is 0 Å². The van der Waals surface area contributed by atoms with Crippen LogP contribution in [0.25, 0.3) is 0 Å². The van der Waals surface area contributed by atoms with Gasteiger partial charge >= 0.3 is 0 Å². The first-order chi connectivity index (χ1) is 8.81. The smallest absolute Gasteiger partial charge is 0.0576 e. The Morgan fingerprint density at radius 1 is 1.44 bits per heavy atom. The quantitative estimate of drug-likeness (QED) is 0.855. The standard InChI is InChI=1S/C15H22BrNO/c1-2-17-15(10-9-12-6-5-11-18-12)13-7-3-4-8-14(13)16/h3-4,7-8,12,15,17H,2,5-6,9-11H2,1H3. The highest BCUT2D eigenvalue weighted by Crippen LogP contribution is 2.28. The van der Waals surface area contributed by atoms with Crippen LogP contribution in [0.15, 0.2) is 28.7 Å². The van der Waals surface area contributed by atoms with Gasteiger partial charge in [0, 0.05) is 17.1 Å². The lowest BCUT2D eigenvalue weighted by Gasteiger charge is -2.21. The van der Waals surface area contributed by atoms with E-state index in [4.69, 9.17) is 4.74 Å². The van der Waals surface area contributed by atoms with Gasteiger partial charge in [-0.2, -0.15) is 0 Å². The van der Waals surface area contributed by atoms with Crippen molar-refractivity contribution in [1.29, 1.82) is 0 Å². The third-order valence-corrected chi connectivity index (χ3v) is 4.25. The van der Waals surface area contributed by atoms with Gasteiger partial charge in [-0.25, -0.2) is 0 Å². The Morgan fingerprint density at radius 3 is 2.94 bits per heavy atom. The number of hydrogen-bond donors (Lipinski definition) is 1. The molecule has 0 radical (unpaired) electrons. The molecule has 0 aromatic heterocycles. The van der Waals surface area contributed by atoms with Crippen LogP contribution in [-0.4, -0.2) is 19.3 Å². The molecule has 1 N–H and O–H groups in total. The molecule has 2 rings (SSSR count). The molecule has 1 aromatic rings. The van der Waals surface area contributed by atoms with Gasteiger partial charge in [-0.1, -0.05) is 41.1 Å². The Labute approximate surface area is 118 Å². The lowest BCUT2D eigenvalue weighted by atomic mass is 9.99. The first-order valence-electron chi connectivity index (χ1n) is 6.90. The van der Waals surface area contributed by atoms with Crippen LogP contribution in [0.2, 0.25) is 0 Å². The number of benzene rings is 1. The predicted molar refractivity (Wildman–Crippen MR) is 78.8 cm³/mol. The summed E-state index contributed by atoms with van der Waals surface area (Å²) in [6, 6.07) is 8.92. The van der Waals surface area contributed by atoms with Crippen molar-refractivity contribution in [3.05, 3.63) is 34.3 Å². The van der Waals surface area contributed by atoms with E-state index < -0.39 is 0 Å². The van der Waals surface area contributed by atoms with Crippen LogP contribution in [0.5, 0.6) is 0 Å². The molecule has 3 heteroatoms. The summed E-state index contributed by atoms with van der Waals surface area (Å²) in [5.74, 6) is 0. The molecule has 2 atom stereocenters. The third-order valence-electron chi connectivity index (χ3n) is 3.53. The number of hydrogen-bond acceptors (Lipinski definition) is 2. The van der Waals surface area contributed by atoms with Gasteiger partial charge in [0.2, 0.25) is 0 Å². The van der Waals surface area contributed by atoms with Crippen molar-refractivity contribution in [2.24, 2.45) is 0 Å². The normalized spacial score (nSPS) is 21.1. The van der Waals surface area contributed by atoms with E-state index in [0.717, 1.165) is 26.0 Å². The van der Waals surface area contributed by atoms with Gasteiger partial charge in [0.05, 0.1) is 6.10 Å². The average Bonchev–Trinajstić information content (AvgIpc) is 2.88. The minimum absolute atomic E-state index is 0.426. The molecule has 2 unspecified atom stereocenters. The summed E-state index contributed by atoms with van der Waals surface area (Å²) < 4.78 is 6.91. The topological polar surface area (TPSA) is 21.3 Å². The third kappa shape index (κ3) is 3.81. The van der Waals surface area contributed by atoms with Crippen molar-refractivity contribution in [2.75, 3.05) is 13.2 Å². The van der Waals surface area contributed by atoms with Gasteiger partial charge in [0.15, 0.2) is 0 Å². The van der Waals surface area contributed by atoms with Crippen LogP contribution in [0.4, 0.5) is 0 Å². The Bertz CT molecular complexity index is 363. The van der Waals surface area contributed by atoms with Crippen molar-refractivity contribution in [1.82, 2.24) is 5.32 Å². The second-order valence-electron chi connectivity index (χ2n) is 4.84. The molecule has 1 heterocycles. The van der Waals surface area contributed by atoms with E-state index in [0.29, 0.717) is 12.1 Å². The molecule has 1 aliphatic rings. The molecule has 1 aliphatic heterocycles. The molecule has 0 bridgehead atoms. The minimum atomic E-state index is 0.426. The number of halogens is 1. The second-order valence-corrected chi connectivity index (χ2v) is 5.70. The Morgan fingerprint density at radius 2 is 2.28 bits per heavy atom. The van der Waals surface area contributed by atoms with Gasteiger partial charge in [-0.05, 0) is 43.9 Å². The summed E-state index contributed by atoms with van der Waals surface area (Å²) in [5, 5.41) is 3.58. The Kier molecular flexibility index (Phi) is 5.67. The van der Waals surface area contributed by atoms with E-state index in [1.54, 1.807) is 0 Å². The van der Waals surface area contributed by atoms with Crippen molar-refractivity contribution in [3.8, 4) is 0 Å². The highest BCUT2D eigenvalue weighted by atomic mass is 79.9. The number of ether oxygens (including phenoxy) is 1. The molecule has 1 saturated heterocycles. The molecule has 0 amide bonds. The summed E-state index contributed by atoms with van der Waals surface area (Å²) in [5.41, 5.74) is 1.36. The fourth-order valence-corrected chi connectivity index (χ4v) is 3.16. The highest BCUT2D eigenvalue weighted by Gasteiger charge is 2.19. The van der Waals surface area contributed by atoms with Crippen LogP contribution in [0, 0.1) is 0 Å². The monoisotopic (exact) mass is 311 g/mol. The van der Waals surface area contributed by atoms with Gasteiger partial charge in [-0.15, -0.1) is 0 Å². The van der Waals surface area contributed by atoms with Crippen LogP contribution in [-0.2, 0) is 4.74 Å². The summed E-state index contributed by atoms with van der Waals surface area (Å²) in [6.45, 7) is 4.11. The van der Waals surface area contributed by atoms with E-state index in [9.17, 15) is 0 Å². The maximum absolute atomic E-state index is 5.71. The predicted octanol–water partition coefficient (Wildman–Crippen LogP) is 4.06. The molecule has 1 aromatic carbocycles. The van der Waals surface area contributed by atoms with E-state index >= 15 is 0 Å². The van der Waals surface area contributed by atoms with E-state index in [1.807, 2.05) is 0 Å². The number of rotatable bonds is 6. The fraction of sp³-hybridized carbons (Fsp3) is 0.600. The zero-order valence-electron chi connectivity index (χ0n) is 11.0. The summed E-state index contributed by atoms with van der Waals surface area (Å²) in [6.07, 6.45) is 5.23. The molecule has 18 heavy (non-hydrogen) atoms. The molecule has 0 aliphatic carbocycles. The highest BCUT2D eigenvalue weighted by molar-refractivity contribution is 9.10. The molecule has 0 spiro atoms. The lowest BCUT2D eigenvalue weighted by Crippen LogP contribution is -2.22. The minimum Gasteiger partial charge on any atom is -0.378 e. The van der Waals surface area contributed by atoms with Crippen LogP contribution in [0.3, 0.4) is 0 Å². The van der Waals surface area contributed by atoms with Crippen LogP contribution >= 0.6 is 15.9 Å². The van der Waals surface area contributed by atoms with E-state index in [-0.39, 0.29) is 0 Å². The molecular formula is C15H22BrNO. The van der Waals surface area contributed by atoms with Crippen molar-refractivity contribution < 1.29 is 4.74 Å². The molecule has 100 valence electrons. The molecule has 2 nitrogen and oxygen atoms in total. The maximum atomic E-state index is 5.71. The fourth-order valence-electron chi connectivity index (χ4n) is 2.60. The summed E-state index contributed by atoms with van der Waals surface area (Å²) in [4.78, 5) is 0. The molecule has 0 saturated carbocycles. The number of nitrogens with one attached hydrogen (secondary N) is 1. The lowest BCUT2D eigenvalue weighted by molar-refractivity contribution is 0.0996. The van der Waals surface area contributed by atoms with E-state index in [2.05, 4.69) is 52.4 Å². The van der Waals surface area contributed by atoms with Crippen molar-refractivity contribution in [2.45, 2.75) is 44.8 Å². The molecular weight excluding hydrogens is 290 g/mol. The zero-order valence-corrected chi connectivity index (χ0v) is 12.6. The second kappa shape index (κ2) is 7.27. The van der Waals surface area contributed by atoms with Crippen LogP contribution in [0.1, 0.15) is 44.2 Å². The van der Waals surface area contributed by atoms with Crippen molar-refractivity contribution >= 4 is 15.9 Å². The van der Waals surface area contributed by atoms with Gasteiger partial charge in [-0.3, -0.25) is 0 Å². The Balaban J connectivity index is 1.96. The van der Waals surface area contributed by atoms with Crippen molar-refractivity contribution in [3.63, 3.8) is 0 Å². The summed E-state index contributed by atoms with van der Waals surface area (Å²) >= 11 is 3.65. The SMILES string of the molecule is CCNC(CCC1CCCO1)c1ccccc1Br. The zero-order chi connectivity index (χ0) is 12.8. The first kappa shape index (κ1) is 14.0. The van der Waals surface area contributed by atoms with Gasteiger partial charge < -0.3 is 10.1 Å². The van der Waals surface area contributed by atoms with E-state index in [1.165, 1.54) is 22.9 Å². The first-order valence-corrected chi connectivity index (χ1v) is 7.70. The average molecular weight is 312 g/mol. The molecule has 1 fully saturated rings. The summed E-state index contributed by atoms with van der Waals surface area (Å²) in [7, 11) is 0. The largest absolute Gasteiger partial charge is 0.378 e. The van der Waals surface area contributed by atoms with Crippen LogP contribution < -0.4 is 5.32 Å².